The fourth-order valence-electron chi connectivity index (χ4n) is 1.20. The van der Waals surface area contributed by atoms with Gasteiger partial charge in [0.25, 0.3) is 0 Å². The van der Waals surface area contributed by atoms with Gasteiger partial charge in [0.05, 0.1) is 10.7 Å². The summed E-state index contributed by atoms with van der Waals surface area (Å²) in [4.78, 5) is 14.7. The van der Waals surface area contributed by atoms with Gasteiger partial charge >= 0.3 is 5.97 Å². The van der Waals surface area contributed by atoms with E-state index in [1.165, 1.54) is 6.07 Å². The highest BCUT2D eigenvalue weighted by atomic mass is 79.9. The highest BCUT2D eigenvalue weighted by Crippen LogP contribution is 2.17. The molecule has 1 N–H and O–H groups in total. The van der Waals surface area contributed by atoms with Crippen molar-refractivity contribution in [2.24, 2.45) is 0 Å². The average molecular weight is 256 g/mol. The Balaban J connectivity index is 2.82. The highest BCUT2D eigenvalue weighted by Gasteiger charge is 2.11. The molecule has 6 heteroatoms. The van der Waals surface area contributed by atoms with Crippen molar-refractivity contribution in [3.63, 3.8) is 0 Å². The monoisotopic (exact) mass is 255 g/mol. The Morgan fingerprint density at radius 1 is 1.64 bits per heavy atom. The van der Waals surface area contributed by atoms with E-state index < -0.39 is 5.97 Å². The van der Waals surface area contributed by atoms with Crippen molar-refractivity contribution in [2.45, 2.75) is 6.92 Å². The summed E-state index contributed by atoms with van der Waals surface area (Å²) in [5.41, 5.74) is 1.27. The number of halogens is 1. The van der Waals surface area contributed by atoms with Crippen LogP contribution < -0.4 is 0 Å². The van der Waals surface area contributed by atoms with Gasteiger partial charge in [-0.1, -0.05) is 0 Å². The molecule has 0 amide bonds. The first-order valence-electron chi connectivity index (χ1n) is 3.84. The quantitative estimate of drug-likeness (QED) is 0.839. The van der Waals surface area contributed by atoms with E-state index in [0.717, 1.165) is 5.69 Å². The molecule has 0 aromatic carbocycles. The van der Waals surface area contributed by atoms with Crippen molar-refractivity contribution in [2.75, 3.05) is 0 Å². The Labute approximate surface area is 87.5 Å². The molecule has 14 heavy (non-hydrogen) atoms. The van der Waals surface area contributed by atoms with Crippen LogP contribution in [0.3, 0.4) is 0 Å². The summed E-state index contributed by atoms with van der Waals surface area (Å²) in [6.45, 7) is 1.78. The number of aromatic carboxylic acids is 1. The Morgan fingerprint density at radius 3 is 3.00 bits per heavy atom. The van der Waals surface area contributed by atoms with Gasteiger partial charge in [-0.25, -0.2) is 14.3 Å². The summed E-state index contributed by atoms with van der Waals surface area (Å²) in [7, 11) is 0. The molecule has 0 unspecified atom stereocenters. The number of hydrogen-bond donors (Lipinski definition) is 1. The van der Waals surface area contributed by atoms with Crippen molar-refractivity contribution in [1.29, 1.82) is 0 Å². The number of aromatic nitrogens is 3. The van der Waals surface area contributed by atoms with Crippen molar-refractivity contribution in [1.82, 2.24) is 14.6 Å². The fourth-order valence-corrected chi connectivity index (χ4v) is 1.54. The number of aryl methyl sites for hydroxylation is 1. The standard InChI is InChI=1S/C8H6BrN3O2/c1-4-2-6(8(13)14)11-7-5(9)3-10-12(4)7/h2-3H,1H3,(H,13,14). The SMILES string of the molecule is Cc1cc(C(=O)O)nc2c(Br)cnn12. The van der Waals surface area contributed by atoms with Gasteiger partial charge in [0, 0.05) is 5.69 Å². The maximum absolute atomic E-state index is 10.7. The van der Waals surface area contributed by atoms with Crippen LogP contribution >= 0.6 is 15.9 Å². The average Bonchev–Trinajstić information content (AvgIpc) is 2.48. The first kappa shape index (κ1) is 9.14. The number of rotatable bonds is 1. The molecule has 0 atom stereocenters. The van der Waals surface area contributed by atoms with Crippen LogP contribution in [0.2, 0.25) is 0 Å². The smallest absolute Gasteiger partial charge is 0.354 e. The van der Waals surface area contributed by atoms with Crippen LogP contribution in [-0.2, 0) is 0 Å². The lowest BCUT2D eigenvalue weighted by Crippen LogP contribution is -2.05. The summed E-state index contributed by atoms with van der Waals surface area (Å²) in [6, 6.07) is 1.48. The largest absolute Gasteiger partial charge is 0.477 e. The van der Waals surface area contributed by atoms with E-state index in [2.05, 4.69) is 26.0 Å². The third-order valence-electron chi connectivity index (χ3n) is 1.83. The van der Waals surface area contributed by atoms with Gasteiger partial charge in [-0.2, -0.15) is 5.10 Å². The zero-order valence-electron chi connectivity index (χ0n) is 7.23. The topological polar surface area (TPSA) is 67.5 Å². The highest BCUT2D eigenvalue weighted by molar-refractivity contribution is 9.10. The number of carboxylic acid groups (broad SMARTS) is 1. The number of nitrogens with zero attached hydrogens (tertiary/aromatic N) is 3. The Bertz CT molecular complexity index is 521. The maximum Gasteiger partial charge on any atom is 0.354 e. The van der Waals surface area contributed by atoms with Crippen LogP contribution in [0.1, 0.15) is 16.2 Å². The summed E-state index contributed by atoms with van der Waals surface area (Å²) in [5, 5.41) is 12.8. The third-order valence-corrected chi connectivity index (χ3v) is 2.39. The molecular formula is C8H6BrN3O2. The predicted octanol–water partition coefficient (Wildman–Crippen LogP) is 1.50. The van der Waals surface area contributed by atoms with Crippen molar-refractivity contribution in [3.05, 3.63) is 28.1 Å². The van der Waals surface area contributed by atoms with Crippen molar-refractivity contribution >= 4 is 27.5 Å². The van der Waals surface area contributed by atoms with E-state index in [1.54, 1.807) is 17.6 Å². The van der Waals surface area contributed by atoms with Crippen molar-refractivity contribution in [3.8, 4) is 0 Å². The molecule has 0 aliphatic rings. The zero-order chi connectivity index (χ0) is 10.3. The summed E-state index contributed by atoms with van der Waals surface area (Å²) >= 11 is 3.25. The molecule has 2 aromatic rings. The molecular weight excluding hydrogens is 250 g/mol. The molecule has 2 rings (SSSR count). The first-order chi connectivity index (χ1) is 6.59. The van der Waals surface area contributed by atoms with Crippen LogP contribution in [0.5, 0.6) is 0 Å². The molecule has 0 bridgehead atoms. The van der Waals surface area contributed by atoms with Gasteiger partial charge in [-0.05, 0) is 28.9 Å². The second kappa shape index (κ2) is 3.06. The van der Waals surface area contributed by atoms with Crippen molar-refractivity contribution < 1.29 is 9.90 Å². The van der Waals surface area contributed by atoms with E-state index in [-0.39, 0.29) is 5.69 Å². The van der Waals surface area contributed by atoms with Crippen LogP contribution in [0.25, 0.3) is 5.65 Å². The molecule has 5 nitrogen and oxygen atoms in total. The molecule has 0 saturated heterocycles. The Kier molecular flexibility index (Phi) is 1.99. The second-order valence-electron chi connectivity index (χ2n) is 2.82. The molecule has 0 spiro atoms. The zero-order valence-corrected chi connectivity index (χ0v) is 8.82. The van der Waals surface area contributed by atoms with Gasteiger partial charge in [-0.3, -0.25) is 0 Å². The van der Waals surface area contributed by atoms with Crippen LogP contribution in [0.15, 0.2) is 16.7 Å². The van der Waals surface area contributed by atoms with Gasteiger partial charge < -0.3 is 5.11 Å². The number of carboxylic acids is 1. The molecule has 2 heterocycles. The molecule has 2 aromatic heterocycles. The van der Waals surface area contributed by atoms with E-state index in [1.807, 2.05) is 0 Å². The van der Waals surface area contributed by atoms with Gasteiger partial charge in [0.1, 0.15) is 0 Å². The minimum absolute atomic E-state index is 0.0243. The van der Waals surface area contributed by atoms with E-state index in [4.69, 9.17) is 5.11 Å². The molecule has 0 aliphatic heterocycles. The third kappa shape index (κ3) is 1.27. The molecule has 0 saturated carbocycles. The molecule has 72 valence electrons. The molecule has 0 radical (unpaired) electrons. The van der Waals surface area contributed by atoms with E-state index in [0.29, 0.717) is 10.1 Å². The summed E-state index contributed by atoms with van der Waals surface area (Å²) in [6.07, 6.45) is 1.58. The second-order valence-corrected chi connectivity index (χ2v) is 3.67. The van der Waals surface area contributed by atoms with Crippen LogP contribution in [-0.4, -0.2) is 25.7 Å². The minimum Gasteiger partial charge on any atom is -0.477 e. The molecule has 0 fully saturated rings. The number of fused-ring (bicyclic) bond motifs is 1. The van der Waals surface area contributed by atoms with Gasteiger partial charge in [0.2, 0.25) is 0 Å². The number of carbonyl (C=O) groups is 1. The van der Waals surface area contributed by atoms with Crippen LogP contribution in [0, 0.1) is 6.92 Å². The first-order valence-corrected chi connectivity index (χ1v) is 4.63. The normalized spacial score (nSPS) is 10.7. The Hall–Kier alpha value is -1.43. The molecule has 0 aliphatic carbocycles. The lowest BCUT2D eigenvalue weighted by atomic mass is 10.3. The predicted molar refractivity (Wildman–Crippen MR) is 52.4 cm³/mol. The lowest BCUT2D eigenvalue weighted by Gasteiger charge is -2.00. The van der Waals surface area contributed by atoms with Gasteiger partial charge in [-0.15, -0.1) is 0 Å². The minimum atomic E-state index is -1.04. The summed E-state index contributed by atoms with van der Waals surface area (Å²) < 4.78 is 2.26. The van der Waals surface area contributed by atoms with Crippen LogP contribution in [0.4, 0.5) is 0 Å². The summed E-state index contributed by atoms with van der Waals surface area (Å²) in [5.74, 6) is -1.04. The van der Waals surface area contributed by atoms with E-state index >= 15 is 0 Å². The lowest BCUT2D eigenvalue weighted by molar-refractivity contribution is 0.0690. The van der Waals surface area contributed by atoms with E-state index in [9.17, 15) is 4.79 Å². The maximum atomic E-state index is 10.7. The van der Waals surface area contributed by atoms with Gasteiger partial charge in [0.15, 0.2) is 11.3 Å². The Morgan fingerprint density at radius 2 is 2.36 bits per heavy atom. The number of hydrogen-bond acceptors (Lipinski definition) is 3. The fraction of sp³-hybridized carbons (Fsp3) is 0.125.